The molecule has 1 aromatic heterocycles. The van der Waals surface area contributed by atoms with Crippen LogP contribution in [0.25, 0.3) is 0 Å². The van der Waals surface area contributed by atoms with E-state index in [2.05, 4.69) is 20.6 Å². The van der Waals surface area contributed by atoms with Gasteiger partial charge in [0.15, 0.2) is 17.5 Å². The second-order valence-electron chi connectivity index (χ2n) is 7.99. The first-order valence-corrected chi connectivity index (χ1v) is 11.0. The zero-order valence-electron chi connectivity index (χ0n) is 18.5. The van der Waals surface area contributed by atoms with Crippen molar-refractivity contribution >= 4 is 5.96 Å². The Morgan fingerprint density at radius 2 is 2.06 bits per heavy atom. The number of aromatic nitrogens is 1. The van der Waals surface area contributed by atoms with Gasteiger partial charge in [0.2, 0.25) is 0 Å². The van der Waals surface area contributed by atoms with Gasteiger partial charge in [-0.1, -0.05) is 18.9 Å². The Morgan fingerprint density at radius 3 is 2.74 bits per heavy atom. The lowest BCUT2D eigenvalue weighted by atomic mass is 9.83. The summed E-state index contributed by atoms with van der Waals surface area (Å²) in [6.07, 6.45) is 9.23. The van der Waals surface area contributed by atoms with Gasteiger partial charge in [-0.15, -0.1) is 0 Å². The number of hydrogen-bond acceptors (Lipinski definition) is 4. The normalized spacial score (nSPS) is 15.6. The monoisotopic (exact) mass is 428 g/mol. The molecular formula is C24H33FN4O2. The van der Waals surface area contributed by atoms with Crippen molar-refractivity contribution in [2.75, 3.05) is 26.8 Å². The van der Waals surface area contributed by atoms with Crippen LogP contribution in [0, 0.1) is 11.2 Å². The lowest BCUT2D eigenvalue weighted by molar-refractivity contribution is 0.105. The van der Waals surface area contributed by atoms with Gasteiger partial charge in [0.25, 0.3) is 0 Å². The zero-order chi connectivity index (χ0) is 21.9. The van der Waals surface area contributed by atoms with E-state index in [0.717, 1.165) is 37.7 Å². The summed E-state index contributed by atoms with van der Waals surface area (Å²) < 4.78 is 25.6. The Balaban J connectivity index is 1.51. The molecule has 1 aromatic carbocycles. The van der Waals surface area contributed by atoms with Gasteiger partial charge in [0, 0.05) is 39.5 Å². The van der Waals surface area contributed by atoms with E-state index in [1.165, 1.54) is 31.7 Å². The maximum Gasteiger partial charge on any atom is 0.191 e. The van der Waals surface area contributed by atoms with Gasteiger partial charge < -0.3 is 20.1 Å². The number of guanidine groups is 1. The average molecular weight is 429 g/mol. The molecule has 7 heteroatoms. The Bertz CT molecular complexity index is 839. The van der Waals surface area contributed by atoms with E-state index < -0.39 is 5.82 Å². The van der Waals surface area contributed by atoms with Crippen molar-refractivity contribution in [3.05, 3.63) is 54.1 Å². The van der Waals surface area contributed by atoms with Crippen molar-refractivity contribution in [3.63, 3.8) is 0 Å². The number of aliphatic imine (C=N–C) groups is 1. The van der Waals surface area contributed by atoms with Crippen LogP contribution in [0.1, 0.15) is 44.6 Å². The SMILES string of the molecule is CCOCCC1(CNC(=NC)NCc2ccc(Oc3cccnc3)c(F)c2)CCCC1. The standard InChI is InChI=1S/C24H33FN4O2/c1-3-30-14-12-24(10-4-5-11-24)18-29-23(26-2)28-16-19-8-9-22(21(25)15-19)31-20-7-6-13-27-17-20/h6-9,13,15,17H,3-5,10-12,14,16,18H2,1-2H3,(H2,26,28,29). The van der Waals surface area contributed by atoms with Crippen molar-refractivity contribution in [2.45, 2.75) is 45.6 Å². The molecule has 0 spiro atoms. The summed E-state index contributed by atoms with van der Waals surface area (Å²) in [5, 5.41) is 6.75. The summed E-state index contributed by atoms with van der Waals surface area (Å²) in [7, 11) is 1.75. The van der Waals surface area contributed by atoms with E-state index in [4.69, 9.17) is 9.47 Å². The van der Waals surface area contributed by atoms with Crippen LogP contribution in [-0.2, 0) is 11.3 Å². The predicted molar refractivity (Wildman–Crippen MR) is 121 cm³/mol. The number of benzene rings is 1. The fourth-order valence-electron chi connectivity index (χ4n) is 4.02. The number of hydrogen-bond donors (Lipinski definition) is 2. The van der Waals surface area contributed by atoms with Crippen LogP contribution >= 0.6 is 0 Å². The molecule has 1 aliphatic rings. The topological polar surface area (TPSA) is 67.8 Å². The Labute approximate surface area is 184 Å². The van der Waals surface area contributed by atoms with Crippen molar-refractivity contribution in [1.82, 2.24) is 15.6 Å². The molecule has 1 saturated carbocycles. The molecule has 2 aromatic rings. The fraction of sp³-hybridized carbons (Fsp3) is 0.500. The molecule has 0 saturated heterocycles. The summed E-state index contributed by atoms with van der Waals surface area (Å²) in [5.41, 5.74) is 1.08. The second-order valence-corrected chi connectivity index (χ2v) is 7.99. The highest BCUT2D eigenvalue weighted by atomic mass is 19.1. The van der Waals surface area contributed by atoms with E-state index in [0.29, 0.717) is 12.3 Å². The minimum atomic E-state index is -0.410. The quantitative estimate of drug-likeness (QED) is 0.327. The van der Waals surface area contributed by atoms with Crippen LogP contribution < -0.4 is 15.4 Å². The summed E-state index contributed by atoms with van der Waals surface area (Å²) in [6, 6.07) is 8.44. The minimum absolute atomic E-state index is 0.178. The molecule has 0 aliphatic heterocycles. The first-order chi connectivity index (χ1) is 15.1. The molecule has 168 valence electrons. The molecule has 3 rings (SSSR count). The first kappa shape index (κ1) is 23.0. The maximum atomic E-state index is 14.5. The summed E-state index contributed by atoms with van der Waals surface area (Å²) in [4.78, 5) is 8.30. The van der Waals surface area contributed by atoms with Crippen molar-refractivity contribution in [3.8, 4) is 11.5 Å². The minimum Gasteiger partial charge on any atom is -0.453 e. The van der Waals surface area contributed by atoms with Crippen molar-refractivity contribution in [2.24, 2.45) is 10.4 Å². The van der Waals surface area contributed by atoms with Gasteiger partial charge in [-0.2, -0.15) is 0 Å². The number of nitrogens with zero attached hydrogens (tertiary/aromatic N) is 2. The lowest BCUT2D eigenvalue weighted by Gasteiger charge is -2.30. The number of rotatable bonds is 10. The fourth-order valence-corrected chi connectivity index (χ4v) is 4.02. The summed E-state index contributed by atoms with van der Waals surface area (Å²) in [6.45, 7) is 4.93. The van der Waals surface area contributed by atoms with Crippen LogP contribution in [0.5, 0.6) is 11.5 Å². The van der Waals surface area contributed by atoms with Crippen LogP contribution in [0.15, 0.2) is 47.7 Å². The molecule has 1 aliphatic carbocycles. The molecule has 0 amide bonds. The van der Waals surface area contributed by atoms with Crippen LogP contribution in [0.4, 0.5) is 4.39 Å². The third-order valence-electron chi connectivity index (χ3n) is 5.82. The van der Waals surface area contributed by atoms with Crippen molar-refractivity contribution in [1.29, 1.82) is 0 Å². The molecule has 1 heterocycles. The highest BCUT2D eigenvalue weighted by Crippen LogP contribution is 2.40. The van der Waals surface area contributed by atoms with Gasteiger partial charge in [0.05, 0.1) is 6.20 Å². The molecule has 31 heavy (non-hydrogen) atoms. The van der Waals surface area contributed by atoms with Gasteiger partial charge in [-0.05, 0) is 61.4 Å². The van der Waals surface area contributed by atoms with Gasteiger partial charge >= 0.3 is 0 Å². The molecular weight excluding hydrogens is 395 g/mol. The Kier molecular flexibility index (Phi) is 8.64. The zero-order valence-corrected chi connectivity index (χ0v) is 18.5. The summed E-state index contributed by atoms with van der Waals surface area (Å²) in [5.74, 6) is 0.990. The number of pyridine rings is 1. The van der Waals surface area contributed by atoms with Gasteiger partial charge in [-0.3, -0.25) is 9.98 Å². The highest BCUT2D eigenvalue weighted by molar-refractivity contribution is 5.79. The molecule has 0 radical (unpaired) electrons. The smallest absolute Gasteiger partial charge is 0.191 e. The highest BCUT2D eigenvalue weighted by Gasteiger charge is 2.33. The molecule has 6 nitrogen and oxygen atoms in total. The summed E-state index contributed by atoms with van der Waals surface area (Å²) >= 11 is 0. The Hall–Kier alpha value is -2.67. The Morgan fingerprint density at radius 1 is 1.23 bits per heavy atom. The largest absolute Gasteiger partial charge is 0.453 e. The number of nitrogens with one attached hydrogen (secondary N) is 2. The first-order valence-electron chi connectivity index (χ1n) is 11.0. The van der Waals surface area contributed by atoms with Gasteiger partial charge in [0.1, 0.15) is 5.75 Å². The molecule has 1 fully saturated rings. The van der Waals surface area contributed by atoms with Gasteiger partial charge in [-0.25, -0.2) is 4.39 Å². The molecule has 0 atom stereocenters. The average Bonchev–Trinajstić information content (AvgIpc) is 3.25. The van der Waals surface area contributed by atoms with E-state index in [-0.39, 0.29) is 11.2 Å². The number of ether oxygens (including phenoxy) is 2. The third kappa shape index (κ3) is 6.92. The van der Waals surface area contributed by atoms with E-state index >= 15 is 0 Å². The van der Waals surface area contributed by atoms with E-state index in [1.807, 2.05) is 13.0 Å². The molecule has 0 bridgehead atoms. The number of halogens is 1. The lowest BCUT2D eigenvalue weighted by Crippen LogP contribution is -2.43. The maximum absolute atomic E-state index is 14.5. The molecule has 0 unspecified atom stereocenters. The van der Waals surface area contributed by atoms with E-state index in [1.54, 1.807) is 37.6 Å². The third-order valence-corrected chi connectivity index (χ3v) is 5.82. The van der Waals surface area contributed by atoms with Crippen molar-refractivity contribution < 1.29 is 13.9 Å². The van der Waals surface area contributed by atoms with E-state index in [9.17, 15) is 4.39 Å². The predicted octanol–water partition coefficient (Wildman–Crippen LogP) is 4.67. The van der Waals surface area contributed by atoms with Crippen LogP contribution in [0.2, 0.25) is 0 Å². The van der Waals surface area contributed by atoms with Crippen LogP contribution in [0.3, 0.4) is 0 Å². The second kappa shape index (κ2) is 11.6. The molecule has 2 N–H and O–H groups in total. The van der Waals surface area contributed by atoms with Crippen LogP contribution in [-0.4, -0.2) is 37.7 Å².